The largest absolute Gasteiger partial charge is 0.481 e. The first-order chi connectivity index (χ1) is 9.50. The van der Waals surface area contributed by atoms with Crippen molar-refractivity contribution < 1.29 is 9.90 Å². The first kappa shape index (κ1) is 14.9. The van der Waals surface area contributed by atoms with Crippen molar-refractivity contribution in [2.75, 3.05) is 5.75 Å². The average molecular weight is 312 g/mol. The number of benzene rings is 1. The predicted molar refractivity (Wildman–Crippen MR) is 79.2 cm³/mol. The van der Waals surface area contributed by atoms with Crippen molar-refractivity contribution in [3.05, 3.63) is 29.3 Å². The van der Waals surface area contributed by atoms with E-state index in [1.807, 2.05) is 36.6 Å². The topological polar surface area (TPSA) is 68.0 Å². The highest BCUT2D eigenvalue weighted by Gasteiger charge is 2.18. The minimum atomic E-state index is -0.882. The molecule has 0 bridgehead atoms. The van der Waals surface area contributed by atoms with Crippen molar-refractivity contribution in [1.82, 2.24) is 14.8 Å². The van der Waals surface area contributed by atoms with Gasteiger partial charge in [0.05, 0.1) is 10.8 Å². The molecule has 1 N–H and O–H groups in total. The maximum atomic E-state index is 10.7. The lowest BCUT2D eigenvalue weighted by molar-refractivity contribution is -0.133. The molecule has 1 aromatic carbocycles. The molecule has 1 heterocycles. The summed E-state index contributed by atoms with van der Waals surface area (Å²) in [5.41, 5.74) is 0.789. The number of carbonyl (C=O) groups is 1. The SMILES string of the molecule is CC(C)n1c(SCC(=O)O)nnc1-c1ccccc1Cl. The minimum Gasteiger partial charge on any atom is -0.481 e. The number of carboxylic acid groups (broad SMARTS) is 1. The van der Waals surface area contributed by atoms with Crippen molar-refractivity contribution in [2.45, 2.75) is 25.0 Å². The second-order valence-electron chi connectivity index (χ2n) is 4.43. The van der Waals surface area contributed by atoms with Gasteiger partial charge in [-0.2, -0.15) is 0 Å². The Labute approximate surface area is 126 Å². The molecule has 106 valence electrons. The van der Waals surface area contributed by atoms with E-state index in [4.69, 9.17) is 16.7 Å². The standard InChI is InChI=1S/C13H14ClN3O2S/c1-8(2)17-12(9-5-3-4-6-10(9)14)15-16-13(17)20-7-11(18)19/h3-6,8H,7H2,1-2H3,(H,18,19). The molecule has 0 radical (unpaired) electrons. The van der Waals surface area contributed by atoms with E-state index in [1.165, 1.54) is 0 Å². The average Bonchev–Trinajstić information content (AvgIpc) is 2.80. The number of aromatic nitrogens is 3. The molecule has 0 aliphatic heterocycles. The van der Waals surface area contributed by atoms with Gasteiger partial charge >= 0.3 is 5.97 Å². The third-order valence-electron chi connectivity index (χ3n) is 2.62. The number of aliphatic carboxylic acids is 1. The molecule has 20 heavy (non-hydrogen) atoms. The highest BCUT2D eigenvalue weighted by molar-refractivity contribution is 7.99. The second-order valence-corrected chi connectivity index (χ2v) is 5.78. The smallest absolute Gasteiger partial charge is 0.313 e. The zero-order chi connectivity index (χ0) is 14.7. The Morgan fingerprint density at radius 3 is 2.70 bits per heavy atom. The molecule has 0 saturated carbocycles. The maximum Gasteiger partial charge on any atom is 0.313 e. The summed E-state index contributed by atoms with van der Waals surface area (Å²) in [6.07, 6.45) is 0. The first-order valence-electron chi connectivity index (χ1n) is 6.05. The monoisotopic (exact) mass is 311 g/mol. The summed E-state index contributed by atoms with van der Waals surface area (Å²) < 4.78 is 1.90. The molecule has 0 aliphatic carbocycles. The van der Waals surface area contributed by atoms with Crippen LogP contribution in [0.5, 0.6) is 0 Å². The number of hydrogen-bond donors (Lipinski definition) is 1. The predicted octanol–water partition coefficient (Wildman–Crippen LogP) is 3.36. The van der Waals surface area contributed by atoms with Gasteiger partial charge in [0, 0.05) is 11.6 Å². The normalized spacial score (nSPS) is 11.0. The van der Waals surface area contributed by atoms with Gasteiger partial charge in [0.2, 0.25) is 0 Å². The minimum absolute atomic E-state index is 0.0482. The van der Waals surface area contributed by atoms with Crippen molar-refractivity contribution in [3.63, 3.8) is 0 Å². The summed E-state index contributed by atoms with van der Waals surface area (Å²) in [4.78, 5) is 10.7. The fourth-order valence-electron chi connectivity index (χ4n) is 1.79. The van der Waals surface area contributed by atoms with Crippen LogP contribution in [0.1, 0.15) is 19.9 Å². The molecule has 5 nitrogen and oxygen atoms in total. The van der Waals surface area contributed by atoms with Crippen molar-refractivity contribution in [3.8, 4) is 11.4 Å². The lowest BCUT2D eigenvalue weighted by Gasteiger charge is -2.13. The molecule has 0 unspecified atom stereocenters. The summed E-state index contributed by atoms with van der Waals surface area (Å²) in [6, 6.07) is 7.50. The fourth-order valence-corrected chi connectivity index (χ4v) is 2.80. The third-order valence-corrected chi connectivity index (χ3v) is 3.88. The zero-order valence-electron chi connectivity index (χ0n) is 11.1. The number of halogens is 1. The van der Waals surface area contributed by atoms with Crippen LogP contribution in [0.4, 0.5) is 0 Å². The molecule has 0 aliphatic rings. The van der Waals surface area contributed by atoms with Crippen LogP contribution in [-0.2, 0) is 4.79 Å². The van der Waals surface area contributed by atoms with Crippen LogP contribution in [0.15, 0.2) is 29.4 Å². The molecular formula is C13H14ClN3O2S. The number of rotatable bonds is 5. The van der Waals surface area contributed by atoms with Crippen molar-refractivity contribution in [2.24, 2.45) is 0 Å². The summed E-state index contributed by atoms with van der Waals surface area (Å²) in [6.45, 7) is 3.99. The fraction of sp³-hybridized carbons (Fsp3) is 0.308. The Kier molecular flexibility index (Phi) is 4.67. The third kappa shape index (κ3) is 3.13. The van der Waals surface area contributed by atoms with Crippen LogP contribution in [0.25, 0.3) is 11.4 Å². The Balaban J connectivity index is 2.44. The van der Waals surface area contributed by atoms with E-state index in [-0.39, 0.29) is 11.8 Å². The number of thioether (sulfide) groups is 1. The van der Waals surface area contributed by atoms with Gasteiger partial charge < -0.3 is 5.11 Å². The van der Waals surface area contributed by atoms with Gasteiger partial charge in [0.25, 0.3) is 0 Å². The van der Waals surface area contributed by atoms with Crippen LogP contribution >= 0.6 is 23.4 Å². The lowest BCUT2D eigenvalue weighted by Crippen LogP contribution is -2.07. The molecule has 0 atom stereocenters. The van der Waals surface area contributed by atoms with Gasteiger partial charge in [0.1, 0.15) is 0 Å². The molecule has 1 aromatic heterocycles. The molecule has 2 rings (SSSR count). The van der Waals surface area contributed by atoms with Gasteiger partial charge in [-0.3, -0.25) is 9.36 Å². The van der Waals surface area contributed by atoms with E-state index >= 15 is 0 Å². The molecule has 0 fully saturated rings. The Hall–Kier alpha value is -1.53. The maximum absolute atomic E-state index is 10.7. The first-order valence-corrected chi connectivity index (χ1v) is 7.41. The van der Waals surface area contributed by atoms with Crippen LogP contribution in [0, 0.1) is 0 Å². The van der Waals surface area contributed by atoms with Crippen molar-refractivity contribution >= 4 is 29.3 Å². The Morgan fingerprint density at radius 1 is 1.40 bits per heavy atom. The van der Waals surface area contributed by atoms with Crippen LogP contribution in [0.3, 0.4) is 0 Å². The number of hydrogen-bond acceptors (Lipinski definition) is 4. The molecule has 0 saturated heterocycles. The van der Waals surface area contributed by atoms with Gasteiger partial charge in [-0.05, 0) is 26.0 Å². The second kappa shape index (κ2) is 6.28. The van der Waals surface area contributed by atoms with E-state index in [1.54, 1.807) is 6.07 Å². The lowest BCUT2D eigenvalue weighted by atomic mass is 10.2. The quantitative estimate of drug-likeness (QED) is 0.858. The highest BCUT2D eigenvalue weighted by Crippen LogP contribution is 2.31. The van der Waals surface area contributed by atoms with Crippen LogP contribution < -0.4 is 0 Å². The Morgan fingerprint density at radius 2 is 2.10 bits per heavy atom. The van der Waals surface area contributed by atoms with Crippen LogP contribution in [0.2, 0.25) is 5.02 Å². The molecule has 0 amide bonds. The summed E-state index contributed by atoms with van der Waals surface area (Å²) in [5.74, 6) is -0.279. The van der Waals surface area contributed by atoms with Gasteiger partial charge in [-0.15, -0.1) is 10.2 Å². The highest BCUT2D eigenvalue weighted by atomic mass is 35.5. The van der Waals surface area contributed by atoms with E-state index in [0.29, 0.717) is 16.0 Å². The number of nitrogens with zero attached hydrogens (tertiary/aromatic N) is 3. The molecule has 0 spiro atoms. The summed E-state index contributed by atoms with van der Waals surface area (Å²) >= 11 is 7.34. The van der Waals surface area contributed by atoms with Gasteiger partial charge in [-0.1, -0.05) is 35.5 Å². The van der Waals surface area contributed by atoms with Crippen molar-refractivity contribution in [1.29, 1.82) is 0 Å². The summed E-state index contributed by atoms with van der Waals surface area (Å²) in [5, 5.41) is 18.2. The van der Waals surface area contributed by atoms with E-state index < -0.39 is 5.97 Å². The van der Waals surface area contributed by atoms with E-state index in [9.17, 15) is 4.79 Å². The van der Waals surface area contributed by atoms with Gasteiger partial charge in [0.15, 0.2) is 11.0 Å². The van der Waals surface area contributed by atoms with E-state index in [0.717, 1.165) is 17.3 Å². The van der Waals surface area contributed by atoms with Gasteiger partial charge in [-0.25, -0.2) is 0 Å². The zero-order valence-corrected chi connectivity index (χ0v) is 12.6. The van der Waals surface area contributed by atoms with Crippen LogP contribution in [-0.4, -0.2) is 31.6 Å². The van der Waals surface area contributed by atoms with E-state index in [2.05, 4.69) is 10.2 Å². The summed E-state index contributed by atoms with van der Waals surface area (Å²) in [7, 11) is 0. The molecular weight excluding hydrogens is 298 g/mol. The molecule has 7 heteroatoms. The molecule has 2 aromatic rings. The number of carboxylic acids is 1. The Bertz CT molecular complexity index is 628.